The monoisotopic (exact) mass is 218 g/mol. The summed E-state index contributed by atoms with van der Waals surface area (Å²) in [6, 6.07) is 8.07. The summed E-state index contributed by atoms with van der Waals surface area (Å²) >= 11 is 0. The smallest absolute Gasteiger partial charge is 0.139 e. The molecule has 0 saturated carbocycles. The zero-order valence-electron chi connectivity index (χ0n) is 9.74. The molecule has 86 valence electrons. The summed E-state index contributed by atoms with van der Waals surface area (Å²) in [7, 11) is 0. The third-order valence-corrected chi connectivity index (χ3v) is 3.13. The Bertz CT molecular complexity index is 365. The summed E-state index contributed by atoms with van der Waals surface area (Å²) in [5, 5.41) is 0. The second-order valence-corrected chi connectivity index (χ2v) is 4.48. The van der Waals surface area contributed by atoms with Gasteiger partial charge < -0.3 is 4.74 Å². The lowest BCUT2D eigenvalue weighted by Gasteiger charge is -2.09. The molecule has 0 bridgehead atoms. The van der Waals surface area contributed by atoms with Gasteiger partial charge in [0.2, 0.25) is 0 Å². The highest BCUT2D eigenvalue weighted by molar-refractivity contribution is 5.81. The average molecular weight is 218 g/mol. The standard InChI is InChI=1S/C14H18O2/c1-11-5-2-3-6-12(11)9-13(15)10-14-7-4-8-16-14/h2-3,5-6,14H,4,7-10H2,1H3. The summed E-state index contributed by atoms with van der Waals surface area (Å²) in [6.07, 6.45) is 3.44. The predicted molar refractivity (Wildman–Crippen MR) is 63.5 cm³/mol. The first-order valence-corrected chi connectivity index (χ1v) is 5.93. The van der Waals surface area contributed by atoms with Crippen LogP contribution in [0.2, 0.25) is 0 Å². The van der Waals surface area contributed by atoms with Crippen molar-refractivity contribution in [2.24, 2.45) is 0 Å². The number of Topliss-reactive ketones (excluding diaryl/α,β-unsaturated/α-hetero) is 1. The van der Waals surface area contributed by atoms with E-state index in [0.717, 1.165) is 25.0 Å². The SMILES string of the molecule is Cc1ccccc1CC(=O)CC1CCCO1. The first-order chi connectivity index (χ1) is 7.75. The lowest BCUT2D eigenvalue weighted by molar-refractivity contribution is -0.120. The quantitative estimate of drug-likeness (QED) is 0.776. The first kappa shape index (κ1) is 11.3. The van der Waals surface area contributed by atoms with Crippen molar-refractivity contribution < 1.29 is 9.53 Å². The third-order valence-electron chi connectivity index (χ3n) is 3.13. The fourth-order valence-corrected chi connectivity index (χ4v) is 2.15. The molecule has 1 aliphatic rings. The molecule has 0 N–H and O–H groups in total. The van der Waals surface area contributed by atoms with Gasteiger partial charge in [-0.2, -0.15) is 0 Å². The van der Waals surface area contributed by atoms with E-state index in [1.165, 1.54) is 5.56 Å². The second kappa shape index (κ2) is 5.26. The molecule has 1 unspecified atom stereocenters. The molecule has 2 rings (SSSR count). The normalized spacial score (nSPS) is 19.9. The molecule has 0 radical (unpaired) electrons. The zero-order valence-corrected chi connectivity index (χ0v) is 9.74. The minimum absolute atomic E-state index is 0.177. The molecule has 0 spiro atoms. The van der Waals surface area contributed by atoms with Crippen molar-refractivity contribution in [3.63, 3.8) is 0 Å². The summed E-state index contributed by atoms with van der Waals surface area (Å²) in [5.41, 5.74) is 2.34. The highest BCUT2D eigenvalue weighted by atomic mass is 16.5. The van der Waals surface area contributed by atoms with E-state index in [9.17, 15) is 4.79 Å². The van der Waals surface area contributed by atoms with E-state index < -0.39 is 0 Å². The molecule has 0 amide bonds. The Morgan fingerprint density at radius 3 is 2.94 bits per heavy atom. The molecule has 1 atom stereocenters. The van der Waals surface area contributed by atoms with Crippen LogP contribution in [0.25, 0.3) is 0 Å². The number of ketones is 1. The van der Waals surface area contributed by atoms with E-state index in [4.69, 9.17) is 4.74 Å². The molecule has 0 aliphatic carbocycles. The number of hydrogen-bond acceptors (Lipinski definition) is 2. The van der Waals surface area contributed by atoms with Crippen molar-refractivity contribution in [2.45, 2.75) is 38.7 Å². The van der Waals surface area contributed by atoms with Gasteiger partial charge in [0.05, 0.1) is 6.10 Å². The van der Waals surface area contributed by atoms with Crippen molar-refractivity contribution >= 4 is 5.78 Å². The summed E-state index contributed by atoms with van der Waals surface area (Å²) in [4.78, 5) is 11.8. The van der Waals surface area contributed by atoms with Crippen molar-refractivity contribution in [3.8, 4) is 0 Å². The number of benzene rings is 1. The van der Waals surface area contributed by atoms with Crippen LogP contribution in [0.1, 0.15) is 30.4 Å². The Morgan fingerprint density at radius 1 is 1.44 bits per heavy atom. The van der Waals surface area contributed by atoms with Gasteiger partial charge in [0.15, 0.2) is 0 Å². The maximum absolute atomic E-state index is 11.8. The van der Waals surface area contributed by atoms with E-state index in [-0.39, 0.29) is 6.10 Å². The Hall–Kier alpha value is -1.15. The van der Waals surface area contributed by atoms with Crippen molar-refractivity contribution in [1.82, 2.24) is 0 Å². The lowest BCUT2D eigenvalue weighted by atomic mass is 10.00. The fourth-order valence-electron chi connectivity index (χ4n) is 2.15. The molecule has 16 heavy (non-hydrogen) atoms. The third kappa shape index (κ3) is 2.92. The molecule has 1 fully saturated rings. The summed E-state index contributed by atoms with van der Waals surface area (Å²) in [6.45, 7) is 2.87. The zero-order chi connectivity index (χ0) is 11.4. The predicted octanol–water partition coefficient (Wildman–Crippen LogP) is 2.68. The number of carbonyl (C=O) groups excluding carboxylic acids is 1. The molecule has 1 aromatic rings. The lowest BCUT2D eigenvalue weighted by Crippen LogP contribution is -2.14. The molecular weight excluding hydrogens is 200 g/mol. The molecule has 2 nitrogen and oxygen atoms in total. The van der Waals surface area contributed by atoms with Crippen molar-refractivity contribution in [3.05, 3.63) is 35.4 Å². The maximum Gasteiger partial charge on any atom is 0.139 e. The van der Waals surface area contributed by atoms with Crippen LogP contribution in [-0.2, 0) is 16.0 Å². The van der Waals surface area contributed by atoms with Crippen LogP contribution in [0.5, 0.6) is 0 Å². The van der Waals surface area contributed by atoms with Gasteiger partial charge >= 0.3 is 0 Å². The first-order valence-electron chi connectivity index (χ1n) is 5.93. The van der Waals surface area contributed by atoms with Gasteiger partial charge in [-0.3, -0.25) is 4.79 Å². The van der Waals surface area contributed by atoms with E-state index in [1.807, 2.05) is 18.2 Å². The van der Waals surface area contributed by atoms with Gasteiger partial charge in [0.25, 0.3) is 0 Å². The Balaban J connectivity index is 1.89. The van der Waals surface area contributed by atoms with E-state index >= 15 is 0 Å². The van der Waals surface area contributed by atoms with E-state index in [0.29, 0.717) is 18.6 Å². The number of ether oxygens (including phenoxy) is 1. The molecule has 1 heterocycles. The van der Waals surface area contributed by atoms with Crippen LogP contribution in [-0.4, -0.2) is 18.5 Å². The molecule has 2 heteroatoms. The fraction of sp³-hybridized carbons (Fsp3) is 0.500. The van der Waals surface area contributed by atoms with Crippen molar-refractivity contribution in [2.75, 3.05) is 6.61 Å². The van der Waals surface area contributed by atoms with Crippen LogP contribution < -0.4 is 0 Å². The Kier molecular flexibility index (Phi) is 3.73. The van der Waals surface area contributed by atoms with Crippen LogP contribution in [0.3, 0.4) is 0 Å². The highest BCUT2D eigenvalue weighted by Gasteiger charge is 2.19. The summed E-state index contributed by atoms with van der Waals surface area (Å²) < 4.78 is 5.47. The van der Waals surface area contributed by atoms with Gasteiger partial charge in [-0.15, -0.1) is 0 Å². The molecule has 1 saturated heterocycles. The van der Waals surface area contributed by atoms with Gasteiger partial charge in [-0.1, -0.05) is 24.3 Å². The van der Waals surface area contributed by atoms with Crippen LogP contribution in [0.4, 0.5) is 0 Å². The highest BCUT2D eigenvalue weighted by Crippen LogP contribution is 2.17. The minimum Gasteiger partial charge on any atom is -0.378 e. The molecule has 1 aromatic carbocycles. The second-order valence-electron chi connectivity index (χ2n) is 4.48. The van der Waals surface area contributed by atoms with Gasteiger partial charge in [-0.25, -0.2) is 0 Å². The molecular formula is C14H18O2. The van der Waals surface area contributed by atoms with Crippen LogP contribution in [0, 0.1) is 6.92 Å². The number of hydrogen-bond donors (Lipinski definition) is 0. The van der Waals surface area contributed by atoms with Crippen LogP contribution in [0.15, 0.2) is 24.3 Å². The van der Waals surface area contributed by atoms with Gasteiger partial charge in [0.1, 0.15) is 5.78 Å². The van der Waals surface area contributed by atoms with Gasteiger partial charge in [0, 0.05) is 19.4 Å². The van der Waals surface area contributed by atoms with E-state index in [1.54, 1.807) is 0 Å². The molecule has 0 aromatic heterocycles. The Morgan fingerprint density at radius 2 is 2.25 bits per heavy atom. The molecule has 1 aliphatic heterocycles. The van der Waals surface area contributed by atoms with Crippen LogP contribution >= 0.6 is 0 Å². The number of carbonyl (C=O) groups is 1. The van der Waals surface area contributed by atoms with Crippen molar-refractivity contribution in [1.29, 1.82) is 0 Å². The maximum atomic E-state index is 11.8. The van der Waals surface area contributed by atoms with E-state index in [2.05, 4.69) is 13.0 Å². The largest absolute Gasteiger partial charge is 0.378 e. The topological polar surface area (TPSA) is 26.3 Å². The summed E-state index contributed by atoms with van der Waals surface area (Å²) in [5.74, 6) is 0.293. The number of rotatable bonds is 4. The van der Waals surface area contributed by atoms with Gasteiger partial charge in [-0.05, 0) is 30.9 Å². The number of aryl methyl sites for hydroxylation is 1. The average Bonchev–Trinajstić information content (AvgIpc) is 2.74. The Labute approximate surface area is 96.6 Å². The minimum atomic E-state index is 0.177.